The van der Waals surface area contributed by atoms with Gasteiger partial charge in [0.15, 0.2) is 23.3 Å². The summed E-state index contributed by atoms with van der Waals surface area (Å²) < 4.78 is 53.2. The molecule has 0 unspecified atom stereocenters. The number of nitrogens with zero attached hydrogens (tertiary/aromatic N) is 8. The highest BCUT2D eigenvalue weighted by Crippen LogP contribution is 2.41. The lowest BCUT2D eigenvalue weighted by molar-refractivity contribution is -0.117. The van der Waals surface area contributed by atoms with Gasteiger partial charge in [-0.3, -0.25) is 19.2 Å². The van der Waals surface area contributed by atoms with E-state index in [0.29, 0.717) is 77.6 Å². The molecule has 0 radical (unpaired) electrons. The standard InChI is InChI=1S/C28H26FN3O.C26H28FN3O.C25H26FN3O.C24H24FN3O/c29-24-14-12-21(13-15-24)25-18-30-28(27(31-25)22-7-2-1-3-8-22)32-26(33)17-19-10-11-20-6-4-5-9-23(20)16-19;27-22-16-14-20(15-17-22)23-18-28-26(25(29-23)21-11-5-2-6-12-21)30-24(31)13-7-10-19-8-3-1-4-9-19;26-21-14-12-19(13-15-21)22-17-27-25(24(28-22)20-9-5-2-6-10-20)29-23(30)16-11-18-7-3-1-4-8-18;25-20-13-11-18(12-14-20)21-16-26-24(23(27-21)19-9-5-2-6-10-19)28-22(29)15-17-7-3-1-4-8-17/h4-6,9-16,18,22H,1-3,7-8,17H2,(H,30,32,33);1,3-4,8-9,14-18,21H,2,5-7,10-13H2,(H,28,30,31);1,3-4,7-8,12-15,17,20H,2,5-6,9-11,16H2,(H,27,29,30);1,3-4,7-8,11-14,16,19H,2,5-6,9-10,15H2,(H,26,28,29). The number of carbonyl (C=O) groups excluding carboxylic acids is 4. The molecule has 20 heteroatoms. The van der Waals surface area contributed by atoms with Gasteiger partial charge in [0, 0.05) is 58.8 Å². The van der Waals surface area contributed by atoms with Gasteiger partial charge < -0.3 is 21.3 Å². The second kappa shape index (κ2) is 44.1. The molecule has 4 saturated carbocycles. The number of fused-ring (bicyclic) bond motifs is 1. The zero-order valence-corrected chi connectivity index (χ0v) is 69.4. The quantitative estimate of drug-likeness (QED) is 0.0440. The first kappa shape index (κ1) is 86.5. The number of aryl methyl sites for hydroxylation is 2. The number of hydrogen-bond acceptors (Lipinski definition) is 12. The lowest BCUT2D eigenvalue weighted by Crippen LogP contribution is -2.19. The van der Waals surface area contributed by atoms with Crippen molar-refractivity contribution in [2.45, 2.75) is 197 Å². The van der Waals surface area contributed by atoms with Gasteiger partial charge in [-0.1, -0.05) is 211 Å². The number of halogens is 4. The third-order valence-electron chi connectivity index (χ3n) is 23.3. The number of carbonyl (C=O) groups is 4. The Kier molecular flexibility index (Phi) is 31.0. The van der Waals surface area contributed by atoms with Gasteiger partial charge in [0.25, 0.3) is 0 Å². The summed E-state index contributed by atoms with van der Waals surface area (Å²) >= 11 is 0. The molecule has 9 aromatic carbocycles. The van der Waals surface area contributed by atoms with Gasteiger partial charge >= 0.3 is 0 Å². The lowest BCUT2D eigenvalue weighted by atomic mass is 9.86. The maximum Gasteiger partial charge on any atom is 0.229 e. The van der Waals surface area contributed by atoms with E-state index in [4.69, 9.17) is 19.9 Å². The molecule has 4 N–H and O–H groups in total. The number of hydrogen-bond donors (Lipinski definition) is 4. The highest BCUT2D eigenvalue weighted by Gasteiger charge is 2.29. The van der Waals surface area contributed by atoms with Crippen LogP contribution in [-0.2, 0) is 44.9 Å². The van der Waals surface area contributed by atoms with Gasteiger partial charge in [0.05, 0.1) is 83.2 Å². The van der Waals surface area contributed by atoms with Crippen molar-refractivity contribution in [3.05, 3.63) is 324 Å². The van der Waals surface area contributed by atoms with E-state index in [0.717, 1.165) is 188 Å². The summed E-state index contributed by atoms with van der Waals surface area (Å²) in [6.45, 7) is 0. The Hall–Kier alpha value is -12.8. The number of aromatic nitrogens is 8. The number of nitrogens with one attached hydrogen (secondary N) is 4. The van der Waals surface area contributed by atoms with Crippen LogP contribution in [0.4, 0.5) is 40.8 Å². The zero-order chi connectivity index (χ0) is 84.9. The van der Waals surface area contributed by atoms with Crippen LogP contribution in [0.3, 0.4) is 0 Å². The van der Waals surface area contributed by atoms with E-state index in [1.165, 1.54) is 79.8 Å². The second-order valence-corrected chi connectivity index (χ2v) is 32.4. The Labute approximate surface area is 717 Å². The molecule has 4 aromatic heterocycles. The average Bonchev–Trinajstić information content (AvgIpc) is 0.819. The monoisotopic (exact) mass is 1650 g/mol. The average molecular weight is 1650 g/mol. The van der Waals surface area contributed by atoms with E-state index in [1.54, 1.807) is 73.3 Å². The molecule has 16 nitrogen and oxygen atoms in total. The third kappa shape index (κ3) is 25.4. The van der Waals surface area contributed by atoms with Gasteiger partial charge in [-0.25, -0.2) is 57.4 Å². The molecule has 4 heterocycles. The van der Waals surface area contributed by atoms with E-state index in [9.17, 15) is 36.7 Å². The fourth-order valence-electron chi connectivity index (χ4n) is 16.7. The molecule has 4 fully saturated rings. The molecular formula is C103H104F4N12O4. The van der Waals surface area contributed by atoms with Crippen molar-refractivity contribution in [2.24, 2.45) is 0 Å². The maximum atomic E-state index is 13.4. The first-order chi connectivity index (χ1) is 60.2. The molecule has 4 aliphatic carbocycles. The van der Waals surface area contributed by atoms with Crippen LogP contribution < -0.4 is 21.3 Å². The van der Waals surface area contributed by atoms with Crippen LogP contribution in [0.15, 0.2) is 255 Å². The summed E-state index contributed by atoms with van der Waals surface area (Å²) in [6, 6.07) is 69.1. The summed E-state index contributed by atoms with van der Waals surface area (Å²) in [5.74, 6) is 1.94. The zero-order valence-electron chi connectivity index (χ0n) is 69.4. The van der Waals surface area contributed by atoms with Gasteiger partial charge in [-0.15, -0.1) is 0 Å². The molecule has 0 saturated heterocycles. The van der Waals surface area contributed by atoms with Crippen molar-refractivity contribution in [2.75, 3.05) is 21.3 Å². The van der Waals surface area contributed by atoms with Crippen LogP contribution in [0.5, 0.6) is 0 Å². The molecule has 17 rings (SSSR count). The van der Waals surface area contributed by atoms with Gasteiger partial charge in [0.1, 0.15) is 23.3 Å². The number of anilines is 4. The van der Waals surface area contributed by atoms with E-state index in [-0.39, 0.29) is 71.1 Å². The van der Waals surface area contributed by atoms with Crippen molar-refractivity contribution >= 4 is 57.7 Å². The molecule has 13 aromatic rings. The van der Waals surface area contributed by atoms with Gasteiger partial charge in [-0.2, -0.15) is 0 Å². The minimum absolute atomic E-state index is 0.0307. The minimum atomic E-state index is -0.281. The van der Waals surface area contributed by atoms with Crippen LogP contribution >= 0.6 is 0 Å². The molecule has 123 heavy (non-hydrogen) atoms. The summed E-state index contributed by atoms with van der Waals surface area (Å²) in [5.41, 5.74) is 13.8. The summed E-state index contributed by atoms with van der Waals surface area (Å²) in [5, 5.41) is 14.3. The molecule has 628 valence electrons. The normalized spacial score (nSPS) is 14.4. The van der Waals surface area contributed by atoms with Crippen molar-refractivity contribution < 1.29 is 36.7 Å². The molecular weight excluding hydrogens is 1550 g/mol. The number of benzene rings is 9. The maximum absolute atomic E-state index is 13.4. The lowest BCUT2D eigenvalue weighted by Gasteiger charge is -2.23. The molecule has 4 aliphatic rings. The molecule has 0 aliphatic heterocycles. The van der Waals surface area contributed by atoms with Gasteiger partial charge in [0.2, 0.25) is 23.6 Å². The first-order valence-corrected chi connectivity index (χ1v) is 43.5. The Balaban J connectivity index is 0.000000134. The SMILES string of the molecule is O=C(CCCc1ccccc1)Nc1ncc(-c2ccc(F)cc2)nc1C1CCCCC1.O=C(CCc1ccccc1)Nc1ncc(-c2ccc(F)cc2)nc1C1CCCCC1.O=C(Cc1ccc2ccccc2c1)Nc1ncc(-c2ccc(F)cc2)nc1C1CCCCC1.O=C(Cc1ccccc1)Nc1ncc(-c2ccc(F)cc2)nc1C1CCCCC1. The second-order valence-electron chi connectivity index (χ2n) is 32.4. The summed E-state index contributed by atoms with van der Waals surface area (Å²) in [7, 11) is 0. The Morgan fingerprint density at radius 1 is 0.276 bits per heavy atom. The largest absolute Gasteiger partial charge is 0.309 e. The van der Waals surface area contributed by atoms with Crippen molar-refractivity contribution in [1.29, 1.82) is 0 Å². The predicted octanol–water partition coefficient (Wildman–Crippen LogP) is 24.4. The Bertz CT molecular complexity index is 5620. The number of amides is 4. The Morgan fingerprint density at radius 3 is 0.902 bits per heavy atom. The molecule has 0 bridgehead atoms. The molecule has 0 spiro atoms. The van der Waals surface area contributed by atoms with Crippen molar-refractivity contribution in [1.82, 2.24) is 39.9 Å². The van der Waals surface area contributed by atoms with E-state index < -0.39 is 0 Å². The van der Waals surface area contributed by atoms with E-state index >= 15 is 0 Å². The van der Waals surface area contributed by atoms with Crippen LogP contribution in [0.1, 0.15) is 216 Å². The van der Waals surface area contributed by atoms with Crippen LogP contribution in [0.25, 0.3) is 55.8 Å². The highest BCUT2D eigenvalue weighted by atomic mass is 19.1. The fraction of sp³-hybridized carbons (Fsp3) is 0.301. The van der Waals surface area contributed by atoms with Gasteiger partial charge in [-0.05, 0) is 201 Å². The first-order valence-electron chi connectivity index (χ1n) is 43.5. The Morgan fingerprint density at radius 2 is 0.561 bits per heavy atom. The van der Waals surface area contributed by atoms with Crippen molar-refractivity contribution in [3.8, 4) is 45.0 Å². The molecule has 4 amide bonds. The summed E-state index contributed by atoms with van der Waals surface area (Å²) in [6.07, 6.45) is 33.0. The fourth-order valence-corrected chi connectivity index (χ4v) is 16.7. The summed E-state index contributed by atoms with van der Waals surface area (Å²) in [4.78, 5) is 88.5. The van der Waals surface area contributed by atoms with Crippen LogP contribution in [0.2, 0.25) is 0 Å². The van der Waals surface area contributed by atoms with Crippen molar-refractivity contribution in [3.63, 3.8) is 0 Å². The minimum Gasteiger partial charge on any atom is -0.309 e. The van der Waals surface area contributed by atoms with Crippen LogP contribution in [0, 0.1) is 23.3 Å². The number of rotatable bonds is 23. The third-order valence-corrected chi connectivity index (χ3v) is 23.3. The van der Waals surface area contributed by atoms with Crippen LogP contribution in [-0.4, -0.2) is 63.5 Å². The van der Waals surface area contributed by atoms with E-state index in [1.807, 2.05) is 103 Å². The highest BCUT2D eigenvalue weighted by molar-refractivity contribution is 5.94. The topological polar surface area (TPSA) is 220 Å². The van der Waals surface area contributed by atoms with E-state index in [2.05, 4.69) is 71.5 Å². The smallest absolute Gasteiger partial charge is 0.229 e. The predicted molar refractivity (Wildman–Crippen MR) is 479 cm³/mol. The molecule has 0 atom stereocenters.